The fourth-order valence-corrected chi connectivity index (χ4v) is 2.16. The molecule has 0 aromatic carbocycles. The Morgan fingerprint density at radius 1 is 1.20 bits per heavy atom. The van der Waals surface area contributed by atoms with Gasteiger partial charge in [0, 0.05) is 0 Å². The van der Waals surface area contributed by atoms with Crippen molar-refractivity contribution in [1.29, 1.82) is 0 Å². The van der Waals surface area contributed by atoms with Gasteiger partial charge in [0.25, 0.3) is 0 Å². The van der Waals surface area contributed by atoms with Crippen LogP contribution in [-0.2, 0) is 18.9 Å². The molecule has 0 unspecified atom stereocenters. The van der Waals surface area contributed by atoms with E-state index in [1.807, 2.05) is 0 Å². The molecule has 15 heavy (non-hydrogen) atoms. The summed E-state index contributed by atoms with van der Waals surface area (Å²) in [5.41, 5.74) is 0.181. The predicted octanol–water partition coefficient (Wildman–Crippen LogP) is 0.940. The van der Waals surface area contributed by atoms with Crippen molar-refractivity contribution in [2.75, 3.05) is 13.2 Å². The van der Waals surface area contributed by atoms with Crippen LogP contribution in [0.25, 0.3) is 0 Å². The van der Waals surface area contributed by atoms with Gasteiger partial charge in [-0.3, -0.25) is 0 Å². The van der Waals surface area contributed by atoms with E-state index in [0.717, 1.165) is 6.61 Å². The second kappa shape index (κ2) is 3.17. The first-order valence-corrected chi connectivity index (χ1v) is 5.59. The van der Waals surface area contributed by atoms with Crippen LogP contribution in [0.2, 0.25) is 0 Å². The molecule has 4 heteroatoms. The number of ether oxygens (including phenoxy) is 4. The fourth-order valence-electron chi connectivity index (χ4n) is 2.16. The van der Waals surface area contributed by atoms with Crippen molar-refractivity contribution < 1.29 is 18.9 Å². The Kier molecular flexibility index (Phi) is 2.12. The molecule has 3 aliphatic rings. The largest absolute Gasteiger partial charge is 0.372 e. The van der Waals surface area contributed by atoms with Gasteiger partial charge in [0.1, 0.15) is 24.4 Å². The summed E-state index contributed by atoms with van der Waals surface area (Å²) in [7, 11) is 0. The Morgan fingerprint density at radius 3 is 2.73 bits per heavy atom. The minimum Gasteiger partial charge on any atom is -0.372 e. The summed E-state index contributed by atoms with van der Waals surface area (Å²) in [4.78, 5) is 0. The SMILES string of the molecule is CC(C)(C)CO[C@H]1[C@@H]2O[C@@H]2[C@@H]2OC[C@H]1O2. The van der Waals surface area contributed by atoms with Crippen LogP contribution in [0.4, 0.5) is 0 Å². The summed E-state index contributed by atoms with van der Waals surface area (Å²) in [6, 6.07) is 0. The van der Waals surface area contributed by atoms with E-state index in [4.69, 9.17) is 18.9 Å². The Labute approximate surface area is 89.8 Å². The molecule has 0 saturated carbocycles. The van der Waals surface area contributed by atoms with Crippen LogP contribution in [0, 0.1) is 5.41 Å². The summed E-state index contributed by atoms with van der Waals surface area (Å²) in [6.45, 7) is 7.87. The van der Waals surface area contributed by atoms with E-state index in [0.29, 0.717) is 6.61 Å². The Balaban J connectivity index is 1.61. The summed E-state index contributed by atoms with van der Waals surface area (Å²) in [5.74, 6) is 0. The van der Waals surface area contributed by atoms with Gasteiger partial charge in [0.2, 0.25) is 0 Å². The van der Waals surface area contributed by atoms with Crippen LogP contribution in [0.3, 0.4) is 0 Å². The predicted molar refractivity (Wildman–Crippen MR) is 52.5 cm³/mol. The molecule has 0 amide bonds. The van der Waals surface area contributed by atoms with E-state index in [-0.39, 0.29) is 36.1 Å². The topological polar surface area (TPSA) is 40.2 Å². The van der Waals surface area contributed by atoms with Crippen molar-refractivity contribution in [1.82, 2.24) is 0 Å². The van der Waals surface area contributed by atoms with E-state index in [1.165, 1.54) is 0 Å². The zero-order valence-corrected chi connectivity index (χ0v) is 9.43. The minimum absolute atomic E-state index is 0.0629. The van der Waals surface area contributed by atoms with Crippen LogP contribution in [0.5, 0.6) is 0 Å². The van der Waals surface area contributed by atoms with E-state index < -0.39 is 0 Å². The lowest BCUT2D eigenvalue weighted by Crippen LogP contribution is -2.43. The lowest BCUT2D eigenvalue weighted by atomic mass is 9.98. The fraction of sp³-hybridized carbons (Fsp3) is 1.00. The molecule has 3 rings (SSSR count). The van der Waals surface area contributed by atoms with Crippen molar-refractivity contribution in [3.05, 3.63) is 0 Å². The molecule has 3 fully saturated rings. The van der Waals surface area contributed by atoms with E-state index >= 15 is 0 Å². The molecule has 86 valence electrons. The molecular formula is C11H18O4. The quantitative estimate of drug-likeness (QED) is 0.641. The first-order chi connectivity index (χ1) is 7.04. The normalized spacial score (nSPS) is 47.8. The zero-order valence-electron chi connectivity index (χ0n) is 9.43. The van der Waals surface area contributed by atoms with Gasteiger partial charge in [-0.15, -0.1) is 0 Å². The smallest absolute Gasteiger partial charge is 0.187 e. The molecule has 0 radical (unpaired) electrons. The number of hydrogen-bond donors (Lipinski definition) is 0. The monoisotopic (exact) mass is 214 g/mol. The third-order valence-electron chi connectivity index (χ3n) is 2.96. The first-order valence-electron chi connectivity index (χ1n) is 5.59. The molecule has 0 aromatic rings. The average Bonchev–Trinajstić information content (AvgIpc) is 2.80. The van der Waals surface area contributed by atoms with Crippen LogP contribution < -0.4 is 0 Å². The molecule has 3 heterocycles. The maximum absolute atomic E-state index is 5.90. The number of epoxide rings is 1. The molecule has 3 aliphatic heterocycles. The van der Waals surface area contributed by atoms with Crippen LogP contribution in [0.15, 0.2) is 0 Å². The summed E-state index contributed by atoms with van der Waals surface area (Å²) < 4.78 is 22.5. The lowest BCUT2D eigenvalue weighted by Gasteiger charge is -2.28. The number of rotatable bonds is 2. The van der Waals surface area contributed by atoms with Gasteiger partial charge in [0.05, 0.1) is 13.2 Å². The van der Waals surface area contributed by atoms with Gasteiger partial charge < -0.3 is 18.9 Å². The lowest BCUT2D eigenvalue weighted by molar-refractivity contribution is -0.125. The summed E-state index contributed by atoms with van der Waals surface area (Å²) in [5, 5.41) is 0. The number of hydrogen-bond acceptors (Lipinski definition) is 4. The molecule has 5 atom stereocenters. The number of fused-ring (bicyclic) bond motifs is 4. The summed E-state index contributed by atoms with van der Waals surface area (Å²) in [6.07, 6.45) is 0.330. The zero-order chi connectivity index (χ0) is 10.6. The highest BCUT2D eigenvalue weighted by atomic mass is 16.8. The maximum Gasteiger partial charge on any atom is 0.187 e. The van der Waals surface area contributed by atoms with Crippen molar-refractivity contribution in [2.24, 2.45) is 5.41 Å². The molecule has 0 aromatic heterocycles. The van der Waals surface area contributed by atoms with Gasteiger partial charge in [0.15, 0.2) is 6.29 Å². The second-order valence-electron chi connectivity index (χ2n) is 5.78. The van der Waals surface area contributed by atoms with E-state index in [2.05, 4.69) is 20.8 Å². The van der Waals surface area contributed by atoms with Gasteiger partial charge in [-0.25, -0.2) is 0 Å². The highest BCUT2D eigenvalue weighted by Gasteiger charge is 2.62. The maximum atomic E-state index is 5.90. The Bertz CT molecular complexity index is 260. The van der Waals surface area contributed by atoms with Crippen molar-refractivity contribution in [3.8, 4) is 0 Å². The first kappa shape index (κ1) is 10.0. The van der Waals surface area contributed by atoms with Gasteiger partial charge >= 0.3 is 0 Å². The van der Waals surface area contributed by atoms with E-state index in [9.17, 15) is 0 Å². The highest BCUT2D eigenvalue weighted by molar-refractivity contribution is 5.04. The van der Waals surface area contributed by atoms with Crippen molar-refractivity contribution in [3.63, 3.8) is 0 Å². The molecule has 2 bridgehead atoms. The van der Waals surface area contributed by atoms with Crippen LogP contribution in [0.1, 0.15) is 20.8 Å². The van der Waals surface area contributed by atoms with Gasteiger partial charge in [-0.1, -0.05) is 20.8 Å². The molecule has 0 aliphatic carbocycles. The van der Waals surface area contributed by atoms with E-state index in [1.54, 1.807) is 0 Å². The Hall–Kier alpha value is -0.160. The van der Waals surface area contributed by atoms with Gasteiger partial charge in [-0.2, -0.15) is 0 Å². The van der Waals surface area contributed by atoms with Gasteiger partial charge in [-0.05, 0) is 5.41 Å². The molecular weight excluding hydrogens is 196 g/mol. The Morgan fingerprint density at radius 2 is 2.00 bits per heavy atom. The van der Waals surface area contributed by atoms with Crippen molar-refractivity contribution >= 4 is 0 Å². The third kappa shape index (κ3) is 1.80. The average molecular weight is 214 g/mol. The molecule has 0 spiro atoms. The summed E-state index contributed by atoms with van der Waals surface area (Å²) >= 11 is 0. The molecule has 4 nitrogen and oxygen atoms in total. The van der Waals surface area contributed by atoms with Crippen LogP contribution in [-0.4, -0.2) is 43.9 Å². The molecule has 3 saturated heterocycles. The highest BCUT2D eigenvalue weighted by Crippen LogP contribution is 2.43. The van der Waals surface area contributed by atoms with Crippen LogP contribution >= 0.6 is 0 Å². The molecule has 0 N–H and O–H groups in total. The third-order valence-corrected chi connectivity index (χ3v) is 2.96. The van der Waals surface area contributed by atoms with Crippen molar-refractivity contribution in [2.45, 2.75) is 51.5 Å². The minimum atomic E-state index is -0.130. The second-order valence-corrected chi connectivity index (χ2v) is 5.78. The standard InChI is InChI=1S/C11H18O4/c1-11(2,3)5-13-7-6-4-12-10(14-6)9-8(7)15-9/h6-10H,4-5H2,1-3H3/t6-,7-,8+,9+,10-/m1/s1.